The molecule has 0 saturated carbocycles. The van der Waals surface area contributed by atoms with E-state index < -0.39 is 24.4 Å². The third-order valence-corrected chi connectivity index (χ3v) is 8.73. The zero-order chi connectivity index (χ0) is 34.9. The lowest BCUT2D eigenvalue weighted by molar-refractivity contribution is -0.118. The van der Waals surface area contributed by atoms with Crippen molar-refractivity contribution in [2.45, 2.75) is 65.5 Å². The second kappa shape index (κ2) is 16.4. The molecule has 2 N–H and O–H groups in total. The van der Waals surface area contributed by atoms with Crippen LogP contribution in [0, 0.1) is 12.7 Å². The molecule has 2 heterocycles. The van der Waals surface area contributed by atoms with Crippen LogP contribution < -0.4 is 10.1 Å². The van der Waals surface area contributed by atoms with Gasteiger partial charge in [0.2, 0.25) is 0 Å². The number of hydrogen-bond donors (Lipinski definition) is 2. The Labute approximate surface area is 286 Å². The van der Waals surface area contributed by atoms with Crippen molar-refractivity contribution in [1.29, 1.82) is 0 Å². The topological polar surface area (TPSA) is 117 Å². The van der Waals surface area contributed by atoms with Crippen molar-refractivity contribution in [2.75, 3.05) is 31.6 Å². The van der Waals surface area contributed by atoms with E-state index in [1.54, 1.807) is 39.9 Å². The van der Waals surface area contributed by atoms with Crippen LogP contribution in [0.3, 0.4) is 0 Å². The third kappa shape index (κ3) is 8.34. The van der Waals surface area contributed by atoms with Crippen molar-refractivity contribution in [1.82, 2.24) is 19.6 Å². The molecule has 0 aliphatic carbocycles. The van der Waals surface area contributed by atoms with E-state index in [1.807, 2.05) is 36.1 Å². The molecule has 1 unspecified atom stereocenters. The van der Waals surface area contributed by atoms with Crippen LogP contribution in [0.5, 0.6) is 5.75 Å². The zero-order valence-electron chi connectivity index (χ0n) is 28.3. The summed E-state index contributed by atoms with van der Waals surface area (Å²) < 4.78 is 21.5. The number of aliphatic hydroxyl groups excluding tert-OH is 1. The van der Waals surface area contributed by atoms with Crippen LogP contribution in [0.1, 0.15) is 77.2 Å². The van der Waals surface area contributed by atoms with Crippen LogP contribution in [-0.2, 0) is 17.8 Å². The average Bonchev–Trinajstić information content (AvgIpc) is 3.51. The average molecular weight is 670 g/mol. The van der Waals surface area contributed by atoms with Gasteiger partial charge in [-0.2, -0.15) is 5.10 Å². The number of aliphatic hydroxyl groups is 1. The number of benzene rings is 3. The second-order valence-electron chi connectivity index (χ2n) is 12.3. The Balaban J connectivity index is 1.48. The fourth-order valence-electron chi connectivity index (χ4n) is 6.00. The predicted molar refractivity (Wildman–Crippen MR) is 185 cm³/mol. The lowest BCUT2D eigenvalue weighted by atomic mass is 9.93. The Morgan fingerprint density at radius 2 is 1.67 bits per heavy atom. The van der Waals surface area contributed by atoms with Gasteiger partial charge in [-0.15, -0.1) is 0 Å². The van der Waals surface area contributed by atoms with Crippen molar-refractivity contribution in [3.05, 3.63) is 107 Å². The number of nitrogens with zero attached hydrogens (tertiary/aromatic N) is 4. The number of ether oxygens (including phenoxy) is 1. The molecule has 0 saturated heterocycles. The van der Waals surface area contributed by atoms with Crippen molar-refractivity contribution < 1.29 is 28.6 Å². The van der Waals surface area contributed by atoms with E-state index in [4.69, 9.17) is 9.84 Å². The Morgan fingerprint density at radius 3 is 2.37 bits per heavy atom. The molecule has 258 valence electrons. The molecule has 1 aliphatic heterocycles. The van der Waals surface area contributed by atoms with Crippen molar-refractivity contribution in [3.63, 3.8) is 0 Å². The van der Waals surface area contributed by atoms with Crippen molar-refractivity contribution >= 4 is 23.4 Å². The Hall–Kier alpha value is -5.03. The quantitative estimate of drug-likeness (QED) is 0.172. The maximum atomic E-state index is 14.3. The Morgan fingerprint density at radius 1 is 0.980 bits per heavy atom. The van der Waals surface area contributed by atoms with E-state index >= 15 is 0 Å². The lowest BCUT2D eigenvalue weighted by Gasteiger charge is -2.36. The monoisotopic (exact) mass is 669 g/mol. The fourth-order valence-corrected chi connectivity index (χ4v) is 6.00. The highest BCUT2D eigenvalue weighted by Crippen LogP contribution is 2.29. The maximum Gasteiger partial charge on any atom is 0.274 e. The number of para-hydroxylation sites is 1. The third-order valence-electron chi connectivity index (χ3n) is 8.73. The molecule has 0 bridgehead atoms. The molecule has 11 heteroatoms. The molecule has 10 nitrogen and oxygen atoms in total. The van der Waals surface area contributed by atoms with Gasteiger partial charge in [-0.3, -0.25) is 14.4 Å². The van der Waals surface area contributed by atoms with Gasteiger partial charge in [-0.25, -0.2) is 9.07 Å². The number of carbonyl (C=O) groups excluding carboxylic acids is 3. The molecule has 1 aliphatic rings. The van der Waals surface area contributed by atoms with E-state index in [9.17, 15) is 23.9 Å². The van der Waals surface area contributed by atoms with Gasteiger partial charge in [0, 0.05) is 31.4 Å². The first-order valence-electron chi connectivity index (χ1n) is 16.9. The molecule has 0 spiro atoms. The number of rotatable bonds is 14. The van der Waals surface area contributed by atoms with Gasteiger partial charge in [0.1, 0.15) is 11.6 Å². The van der Waals surface area contributed by atoms with Crippen molar-refractivity contribution in [2.24, 2.45) is 0 Å². The highest BCUT2D eigenvalue weighted by molar-refractivity contribution is 5.99. The van der Waals surface area contributed by atoms with E-state index in [0.29, 0.717) is 43.0 Å². The Bertz CT molecular complexity index is 1780. The van der Waals surface area contributed by atoms with E-state index in [2.05, 4.69) is 19.2 Å². The molecule has 3 aromatic carbocycles. The van der Waals surface area contributed by atoms with E-state index in [1.165, 1.54) is 18.2 Å². The molecular weight excluding hydrogens is 625 g/mol. The molecule has 1 atom stereocenters. The molecule has 5 rings (SSSR count). The lowest BCUT2D eigenvalue weighted by Crippen LogP contribution is -2.46. The number of halogens is 1. The Kier molecular flexibility index (Phi) is 11.8. The normalized spacial score (nSPS) is 13.9. The number of fused-ring (bicyclic) bond motifs is 1. The summed E-state index contributed by atoms with van der Waals surface area (Å²) in [5, 5.41) is 17.5. The number of unbranched alkanes of at least 4 members (excludes halogenated alkanes) is 2. The molecule has 3 amide bonds. The standard InChI is InChI=1S/C38H44FN5O5/c1-4-6-18-42(19-7-5-2)38(48)34-20-26(3)44(41-34)35-22-30(49-25-36(46)40-33-15-11-10-14-32(33)39)16-17-31(35)37(47)43-23-28-13-9-8-12-27(28)21-29(43)24-45/h8-17,20,22,29,45H,4-7,18-19,21,23-25H2,1-3H3,(H,40,46). The van der Waals surface area contributed by atoms with Crippen LogP contribution in [-0.4, -0.2) is 74.8 Å². The summed E-state index contributed by atoms with van der Waals surface area (Å²) in [4.78, 5) is 44.2. The summed E-state index contributed by atoms with van der Waals surface area (Å²) in [7, 11) is 0. The van der Waals surface area contributed by atoms with E-state index in [-0.39, 0.29) is 35.6 Å². The van der Waals surface area contributed by atoms with Gasteiger partial charge in [-0.1, -0.05) is 63.1 Å². The molecule has 4 aromatic rings. The van der Waals surface area contributed by atoms with Crippen LogP contribution in [0.15, 0.2) is 72.8 Å². The largest absolute Gasteiger partial charge is 0.484 e. The number of aryl methyl sites for hydroxylation is 1. The number of nitrogens with one attached hydrogen (secondary N) is 1. The summed E-state index contributed by atoms with van der Waals surface area (Å²) in [5.41, 5.74) is 3.67. The predicted octanol–water partition coefficient (Wildman–Crippen LogP) is 5.94. The highest BCUT2D eigenvalue weighted by atomic mass is 19.1. The summed E-state index contributed by atoms with van der Waals surface area (Å²) in [5.74, 6) is -1.35. The minimum Gasteiger partial charge on any atom is -0.484 e. The molecule has 1 aromatic heterocycles. The number of amides is 3. The first kappa shape index (κ1) is 35.3. The van der Waals surface area contributed by atoms with Gasteiger partial charge in [0.25, 0.3) is 17.7 Å². The molecule has 0 fully saturated rings. The zero-order valence-corrected chi connectivity index (χ0v) is 28.3. The summed E-state index contributed by atoms with van der Waals surface area (Å²) in [6, 6.07) is 19.8. The number of hydrogen-bond acceptors (Lipinski definition) is 6. The van der Waals surface area contributed by atoms with Crippen LogP contribution in [0.4, 0.5) is 10.1 Å². The minimum absolute atomic E-state index is 0.0376. The molecular formula is C38H44FN5O5. The van der Waals surface area contributed by atoms with Crippen LogP contribution >= 0.6 is 0 Å². The van der Waals surface area contributed by atoms with Crippen LogP contribution in [0.2, 0.25) is 0 Å². The van der Waals surface area contributed by atoms with Gasteiger partial charge in [0.15, 0.2) is 12.3 Å². The maximum absolute atomic E-state index is 14.3. The van der Waals surface area contributed by atoms with Gasteiger partial charge >= 0.3 is 0 Å². The van der Waals surface area contributed by atoms with E-state index in [0.717, 1.165) is 36.8 Å². The summed E-state index contributed by atoms with van der Waals surface area (Å²) in [6.07, 6.45) is 4.17. The first-order valence-corrected chi connectivity index (χ1v) is 16.9. The second-order valence-corrected chi connectivity index (χ2v) is 12.3. The van der Waals surface area contributed by atoms with Gasteiger partial charge in [-0.05, 0) is 67.6 Å². The number of aromatic nitrogens is 2. The SMILES string of the molecule is CCCCN(CCCC)C(=O)c1cc(C)n(-c2cc(OCC(=O)Nc3ccccc3F)ccc2C(=O)N2Cc3ccccc3CC2CO)n1. The highest BCUT2D eigenvalue weighted by Gasteiger charge is 2.32. The molecule has 49 heavy (non-hydrogen) atoms. The van der Waals surface area contributed by atoms with Crippen molar-refractivity contribution in [3.8, 4) is 11.4 Å². The fraction of sp³-hybridized carbons (Fsp3) is 0.368. The summed E-state index contributed by atoms with van der Waals surface area (Å²) in [6.45, 7) is 6.93. The van der Waals surface area contributed by atoms with Gasteiger partial charge in [0.05, 0.1) is 29.6 Å². The minimum atomic E-state index is -0.565. The summed E-state index contributed by atoms with van der Waals surface area (Å²) >= 11 is 0. The number of carbonyl (C=O) groups is 3. The van der Waals surface area contributed by atoms with Gasteiger partial charge < -0.3 is 25.0 Å². The first-order chi connectivity index (χ1) is 23.7. The molecule has 0 radical (unpaired) electrons. The number of anilines is 1. The smallest absolute Gasteiger partial charge is 0.274 e. The van der Waals surface area contributed by atoms with Crippen LogP contribution in [0.25, 0.3) is 5.69 Å².